The Balaban J connectivity index is 2.39. The van der Waals surface area contributed by atoms with Crippen LogP contribution in [0, 0.1) is 0 Å². The van der Waals surface area contributed by atoms with Crippen molar-refractivity contribution in [3.8, 4) is 0 Å². The van der Waals surface area contributed by atoms with Crippen LogP contribution in [-0.2, 0) is 4.74 Å². The summed E-state index contributed by atoms with van der Waals surface area (Å²) in [6, 6.07) is 11.5. The van der Waals surface area contributed by atoms with E-state index < -0.39 is 5.97 Å². The second-order valence-corrected chi connectivity index (χ2v) is 3.62. The van der Waals surface area contributed by atoms with Crippen molar-refractivity contribution in [2.75, 3.05) is 7.11 Å². The van der Waals surface area contributed by atoms with E-state index in [-0.39, 0.29) is 5.69 Å². The summed E-state index contributed by atoms with van der Waals surface area (Å²) in [4.78, 5) is 11.5. The molecule has 0 radical (unpaired) electrons. The van der Waals surface area contributed by atoms with Crippen LogP contribution in [0.1, 0.15) is 10.5 Å². The van der Waals surface area contributed by atoms with Crippen molar-refractivity contribution in [3.05, 3.63) is 42.1 Å². The first kappa shape index (κ1) is 9.77. The highest BCUT2D eigenvalue weighted by molar-refractivity contribution is 5.96. The number of ether oxygens (including phenoxy) is 1. The maximum atomic E-state index is 11.5. The van der Waals surface area contributed by atoms with Crippen molar-refractivity contribution < 1.29 is 9.53 Å². The number of fused-ring (bicyclic) bond motifs is 3. The van der Waals surface area contributed by atoms with Gasteiger partial charge in [0.15, 0.2) is 5.69 Å². The lowest BCUT2D eigenvalue weighted by atomic mass is 10.2. The summed E-state index contributed by atoms with van der Waals surface area (Å²) in [5.41, 5.74) is 1.79. The molecule has 1 aromatic carbocycles. The molecule has 0 bridgehead atoms. The number of carbonyl (C=O) groups is 1. The SMILES string of the molecule is COC(=O)c1nnn2c1ccc1ccccc12. The van der Waals surface area contributed by atoms with Gasteiger partial charge in [-0.3, -0.25) is 0 Å². The first-order chi connectivity index (χ1) is 8.31. The topological polar surface area (TPSA) is 56.5 Å². The van der Waals surface area contributed by atoms with E-state index in [9.17, 15) is 4.79 Å². The van der Waals surface area contributed by atoms with E-state index in [4.69, 9.17) is 0 Å². The molecule has 0 aliphatic heterocycles. The van der Waals surface area contributed by atoms with E-state index >= 15 is 0 Å². The minimum atomic E-state index is -0.477. The van der Waals surface area contributed by atoms with Gasteiger partial charge in [0.1, 0.15) is 5.52 Å². The molecule has 0 fully saturated rings. The molecular weight excluding hydrogens is 218 g/mol. The number of pyridine rings is 1. The Hall–Kier alpha value is -2.43. The maximum Gasteiger partial charge on any atom is 0.360 e. The van der Waals surface area contributed by atoms with Gasteiger partial charge in [-0.05, 0) is 12.1 Å². The average molecular weight is 227 g/mol. The molecule has 0 aliphatic carbocycles. The van der Waals surface area contributed by atoms with Crippen molar-refractivity contribution in [1.29, 1.82) is 0 Å². The Bertz CT molecular complexity index is 718. The molecule has 2 aromatic heterocycles. The molecule has 3 rings (SSSR count). The zero-order valence-corrected chi connectivity index (χ0v) is 9.12. The molecule has 0 amide bonds. The molecular formula is C12H9N3O2. The van der Waals surface area contributed by atoms with Crippen LogP contribution in [-0.4, -0.2) is 27.9 Å². The predicted octanol–water partition coefficient (Wildman–Crippen LogP) is 1.67. The predicted molar refractivity (Wildman–Crippen MR) is 61.8 cm³/mol. The fraction of sp³-hybridized carbons (Fsp3) is 0.0833. The molecule has 0 saturated carbocycles. The van der Waals surface area contributed by atoms with Crippen LogP contribution in [0.4, 0.5) is 0 Å². The lowest BCUT2D eigenvalue weighted by molar-refractivity contribution is 0.0596. The molecule has 0 spiro atoms. The van der Waals surface area contributed by atoms with Crippen LogP contribution >= 0.6 is 0 Å². The molecule has 84 valence electrons. The van der Waals surface area contributed by atoms with Gasteiger partial charge in [-0.2, -0.15) is 0 Å². The number of carbonyl (C=O) groups excluding carboxylic acids is 1. The number of methoxy groups -OCH3 is 1. The van der Waals surface area contributed by atoms with Crippen molar-refractivity contribution in [2.24, 2.45) is 0 Å². The second-order valence-electron chi connectivity index (χ2n) is 3.62. The van der Waals surface area contributed by atoms with E-state index in [0.29, 0.717) is 5.52 Å². The van der Waals surface area contributed by atoms with E-state index in [1.165, 1.54) is 7.11 Å². The fourth-order valence-electron chi connectivity index (χ4n) is 1.85. The first-order valence-electron chi connectivity index (χ1n) is 5.13. The number of hydrogen-bond acceptors (Lipinski definition) is 4. The Labute approximate surface area is 96.6 Å². The van der Waals surface area contributed by atoms with Gasteiger partial charge in [-0.15, -0.1) is 5.10 Å². The van der Waals surface area contributed by atoms with Crippen LogP contribution in [0.15, 0.2) is 36.4 Å². The van der Waals surface area contributed by atoms with Crippen LogP contribution in [0.3, 0.4) is 0 Å². The summed E-state index contributed by atoms with van der Waals surface area (Å²) in [5, 5.41) is 8.88. The number of esters is 1. The monoisotopic (exact) mass is 227 g/mol. The quantitative estimate of drug-likeness (QED) is 0.593. The number of para-hydroxylation sites is 1. The third-order valence-corrected chi connectivity index (χ3v) is 2.67. The molecule has 0 saturated heterocycles. The molecule has 17 heavy (non-hydrogen) atoms. The van der Waals surface area contributed by atoms with Gasteiger partial charge in [-0.1, -0.05) is 29.5 Å². The van der Waals surface area contributed by atoms with Crippen LogP contribution in [0.25, 0.3) is 16.4 Å². The summed E-state index contributed by atoms with van der Waals surface area (Å²) in [5.74, 6) is -0.477. The summed E-state index contributed by atoms with van der Waals surface area (Å²) >= 11 is 0. The molecule has 5 nitrogen and oxygen atoms in total. The molecule has 0 unspecified atom stereocenters. The molecule has 0 N–H and O–H groups in total. The Kier molecular flexibility index (Phi) is 2.04. The third kappa shape index (κ3) is 1.36. The zero-order chi connectivity index (χ0) is 11.8. The minimum Gasteiger partial charge on any atom is -0.464 e. The van der Waals surface area contributed by atoms with Gasteiger partial charge in [0, 0.05) is 5.39 Å². The van der Waals surface area contributed by atoms with Crippen LogP contribution in [0.5, 0.6) is 0 Å². The van der Waals surface area contributed by atoms with E-state index in [1.54, 1.807) is 4.52 Å². The number of rotatable bonds is 1. The summed E-state index contributed by atoms with van der Waals surface area (Å²) in [6.07, 6.45) is 0. The Morgan fingerprint density at radius 3 is 2.82 bits per heavy atom. The van der Waals surface area contributed by atoms with Crippen LogP contribution < -0.4 is 0 Å². The summed E-state index contributed by atoms with van der Waals surface area (Å²) in [7, 11) is 1.33. The minimum absolute atomic E-state index is 0.234. The van der Waals surface area contributed by atoms with E-state index in [2.05, 4.69) is 15.0 Å². The largest absolute Gasteiger partial charge is 0.464 e. The first-order valence-corrected chi connectivity index (χ1v) is 5.13. The maximum absolute atomic E-state index is 11.5. The van der Waals surface area contributed by atoms with Gasteiger partial charge in [0.2, 0.25) is 0 Å². The van der Waals surface area contributed by atoms with Crippen molar-refractivity contribution in [3.63, 3.8) is 0 Å². The number of benzene rings is 1. The average Bonchev–Trinajstić information content (AvgIpc) is 2.82. The number of hydrogen-bond donors (Lipinski definition) is 0. The highest BCUT2D eigenvalue weighted by Gasteiger charge is 2.15. The molecule has 0 aliphatic rings. The number of aromatic nitrogens is 3. The van der Waals surface area contributed by atoms with Gasteiger partial charge in [0.05, 0.1) is 12.6 Å². The fourth-order valence-corrected chi connectivity index (χ4v) is 1.85. The summed E-state index contributed by atoms with van der Waals surface area (Å²) < 4.78 is 6.30. The Morgan fingerprint density at radius 2 is 2.00 bits per heavy atom. The lowest BCUT2D eigenvalue weighted by Crippen LogP contribution is -2.02. The molecule has 2 heterocycles. The zero-order valence-electron chi connectivity index (χ0n) is 9.12. The third-order valence-electron chi connectivity index (χ3n) is 2.67. The van der Waals surface area contributed by atoms with Gasteiger partial charge >= 0.3 is 5.97 Å². The van der Waals surface area contributed by atoms with Gasteiger partial charge in [-0.25, -0.2) is 9.31 Å². The molecule has 0 atom stereocenters. The molecule has 5 heteroatoms. The second kappa shape index (κ2) is 3.55. The van der Waals surface area contributed by atoms with Crippen molar-refractivity contribution in [2.45, 2.75) is 0 Å². The highest BCUT2D eigenvalue weighted by Crippen LogP contribution is 2.17. The number of nitrogens with zero attached hydrogens (tertiary/aromatic N) is 3. The highest BCUT2D eigenvalue weighted by atomic mass is 16.5. The normalized spacial score (nSPS) is 10.9. The van der Waals surface area contributed by atoms with Crippen molar-refractivity contribution >= 4 is 22.4 Å². The lowest BCUT2D eigenvalue weighted by Gasteiger charge is -2.00. The smallest absolute Gasteiger partial charge is 0.360 e. The van der Waals surface area contributed by atoms with E-state index in [0.717, 1.165) is 10.9 Å². The van der Waals surface area contributed by atoms with Gasteiger partial charge < -0.3 is 4.74 Å². The molecule has 3 aromatic rings. The Morgan fingerprint density at radius 1 is 1.18 bits per heavy atom. The van der Waals surface area contributed by atoms with E-state index in [1.807, 2.05) is 36.4 Å². The van der Waals surface area contributed by atoms with Crippen LogP contribution in [0.2, 0.25) is 0 Å². The summed E-state index contributed by atoms with van der Waals surface area (Å²) in [6.45, 7) is 0. The van der Waals surface area contributed by atoms with Gasteiger partial charge in [0.25, 0.3) is 0 Å². The standard InChI is InChI=1S/C12H9N3O2/c1-17-12(16)11-10-7-6-8-4-2-3-5-9(8)15(10)14-13-11/h2-7H,1H3. The van der Waals surface area contributed by atoms with Crippen molar-refractivity contribution in [1.82, 2.24) is 14.8 Å².